The summed E-state index contributed by atoms with van der Waals surface area (Å²) in [6.45, 7) is -0.498. The lowest BCUT2D eigenvalue weighted by molar-refractivity contribution is -0.174. The van der Waals surface area contributed by atoms with Crippen LogP contribution >= 0.6 is 0 Å². The standard InChI is InChI=1S/C12H13F3N2O/c13-12(14,15)8-18-7-3-6-17-9-16-10-4-1-2-5-11(10)17/h1-2,4-5,9H,3,6-8H2. The fraction of sp³-hybridized carbons (Fsp3) is 0.417. The number of fused-ring (bicyclic) bond motifs is 1. The van der Waals surface area contributed by atoms with Crippen LogP contribution in [0.5, 0.6) is 0 Å². The van der Waals surface area contributed by atoms with E-state index in [2.05, 4.69) is 9.72 Å². The maximum atomic E-state index is 11.8. The van der Waals surface area contributed by atoms with Crippen LogP contribution in [0.4, 0.5) is 13.2 Å². The second kappa shape index (κ2) is 5.39. The lowest BCUT2D eigenvalue weighted by Crippen LogP contribution is -2.17. The van der Waals surface area contributed by atoms with Crippen LogP contribution in [0.1, 0.15) is 6.42 Å². The van der Waals surface area contributed by atoms with Gasteiger partial charge in [0.1, 0.15) is 6.61 Å². The van der Waals surface area contributed by atoms with Gasteiger partial charge in [-0.3, -0.25) is 0 Å². The van der Waals surface area contributed by atoms with Gasteiger partial charge in [0, 0.05) is 13.2 Å². The highest BCUT2D eigenvalue weighted by atomic mass is 19.4. The summed E-state index contributed by atoms with van der Waals surface area (Å²) in [5, 5.41) is 0. The topological polar surface area (TPSA) is 27.1 Å². The molecule has 3 nitrogen and oxygen atoms in total. The molecule has 0 aliphatic rings. The Morgan fingerprint density at radius 1 is 1.22 bits per heavy atom. The Balaban J connectivity index is 1.80. The van der Waals surface area contributed by atoms with Crippen molar-refractivity contribution in [3.63, 3.8) is 0 Å². The van der Waals surface area contributed by atoms with Crippen LogP contribution in [0.25, 0.3) is 11.0 Å². The Kier molecular flexibility index (Phi) is 3.86. The first-order chi connectivity index (χ1) is 8.56. The van der Waals surface area contributed by atoms with E-state index < -0.39 is 12.8 Å². The normalized spacial score (nSPS) is 12.2. The van der Waals surface area contributed by atoms with E-state index in [1.54, 1.807) is 6.33 Å². The van der Waals surface area contributed by atoms with Gasteiger partial charge in [0.05, 0.1) is 17.4 Å². The summed E-state index contributed by atoms with van der Waals surface area (Å²) < 4.78 is 41.9. The number of alkyl halides is 3. The van der Waals surface area contributed by atoms with Crippen LogP contribution in [0.2, 0.25) is 0 Å². The van der Waals surface area contributed by atoms with Crippen molar-refractivity contribution in [3.05, 3.63) is 30.6 Å². The maximum absolute atomic E-state index is 11.8. The number of rotatable bonds is 5. The van der Waals surface area contributed by atoms with Crippen molar-refractivity contribution in [1.29, 1.82) is 0 Å². The second-order valence-corrected chi connectivity index (χ2v) is 3.95. The van der Waals surface area contributed by atoms with E-state index in [9.17, 15) is 13.2 Å². The zero-order chi connectivity index (χ0) is 13.0. The number of hydrogen-bond acceptors (Lipinski definition) is 2. The van der Waals surface area contributed by atoms with Crippen LogP contribution < -0.4 is 0 Å². The van der Waals surface area contributed by atoms with Gasteiger partial charge in [-0.1, -0.05) is 12.1 Å². The highest BCUT2D eigenvalue weighted by Gasteiger charge is 2.27. The Bertz CT molecular complexity index is 507. The summed E-state index contributed by atoms with van der Waals surface area (Å²) >= 11 is 0. The van der Waals surface area contributed by atoms with Crippen LogP contribution in [0, 0.1) is 0 Å². The van der Waals surface area contributed by atoms with Crippen molar-refractivity contribution in [2.24, 2.45) is 0 Å². The van der Waals surface area contributed by atoms with E-state index in [-0.39, 0.29) is 6.61 Å². The van der Waals surface area contributed by atoms with Crippen molar-refractivity contribution in [2.45, 2.75) is 19.1 Å². The van der Waals surface area contributed by atoms with Gasteiger partial charge in [0.2, 0.25) is 0 Å². The molecule has 18 heavy (non-hydrogen) atoms. The lowest BCUT2D eigenvalue weighted by Gasteiger charge is -2.08. The van der Waals surface area contributed by atoms with Crippen LogP contribution in [0.3, 0.4) is 0 Å². The third-order valence-corrected chi connectivity index (χ3v) is 2.48. The van der Waals surface area contributed by atoms with Crippen LogP contribution in [-0.4, -0.2) is 28.9 Å². The zero-order valence-corrected chi connectivity index (χ0v) is 9.65. The molecule has 0 bridgehead atoms. The third kappa shape index (κ3) is 3.46. The molecule has 0 fully saturated rings. The fourth-order valence-corrected chi connectivity index (χ4v) is 1.71. The van der Waals surface area contributed by atoms with E-state index >= 15 is 0 Å². The number of nitrogens with zero attached hydrogens (tertiary/aromatic N) is 2. The van der Waals surface area contributed by atoms with Gasteiger partial charge >= 0.3 is 6.18 Å². The second-order valence-electron chi connectivity index (χ2n) is 3.95. The minimum Gasteiger partial charge on any atom is -0.372 e. The number of halogens is 3. The average Bonchev–Trinajstić information content (AvgIpc) is 2.71. The molecular weight excluding hydrogens is 245 g/mol. The van der Waals surface area contributed by atoms with Gasteiger partial charge in [-0.05, 0) is 18.6 Å². The van der Waals surface area contributed by atoms with Crippen LogP contribution in [0.15, 0.2) is 30.6 Å². The van der Waals surface area contributed by atoms with E-state index in [0.29, 0.717) is 13.0 Å². The Morgan fingerprint density at radius 3 is 2.78 bits per heavy atom. The average molecular weight is 258 g/mol. The minimum absolute atomic E-state index is 0.0893. The quantitative estimate of drug-likeness (QED) is 0.771. The number of aromatic nitrogens is 2. The van der Waals surface area contributed by atoms with E-state index in [4.69, 9.17) is 0 Å². The number of ether oxygens (including phenoxy) is 1. The maximum Gasteiger partial charge on any atom is 0.411 e. The van der Waals surface area contributed by atoms with E-state index in [1.165, 1.54) is 0 Å². The number of benzene rings is 1. The van der Waals surface area contributed by atoms with E-state index in [0.717, 1.165) is 11.0 Å². The molecule has 0 radical (unpaired) electrons. The molecule has 0 aliphatic carbocycles. The summed E-state index contributed by atoms with van der Waals surface area (Å²) in [5.41, 5.74) is 1.86. The molecule has 6 heteroatoms. The first-order valence-electron chi connectivity index (χ1n) is 5.61. The molecular formula is C12H13F3N2O. The lowest BCUT2D eigenvalue weighted by atomic mass is 10.3. The summed E-state index contributed by atoms with van der Waals surface area (Å²) in [4.78, 5) is 4.20. The molecule has 0 saturated carbocycles. The van der Waals surface area contributed by atoms with Gasteiger partial charge in [0.15, 0.2) is 0 Å². The minimum atomic E-state index is -4.25. The molecule has 0 spiro atoms. The molecule has 1 aromatic heterocycles. The van der Waals surface area contributed by atoms with Crippen molar-refractivity contribution in [1.82, 2.24) is 9.55 Å². The Morgan fingerprint density at radius 2 is 2.00 bits per heavy atom. The van der Waals surface area contributed by atoms with Gasteiger partial charge < -0.3 is 9.30 Å². The summed E-state index contributed by atoms with van der Waals surface area (Å²) in [6, 6.07) is 7.62. The van der Waals surface area contributed by atoms with Crippen molar-refractivity contribution >= 4 is 11.0 Å². The molecule has 1 aromatic carbocycles. The predicted octanol–water partition coefficient (Wildman–Crippen LogP) is 3.01. The molecule has 0 amide bonds. The number of hydrogen-bond donors (Lipinski definition) is 0. The number of imidazole rings is 1. The summed E-state index contributed by atoms with van der Waals surface area (Å²) in [7, 11) is 0. The molecule has 0 atom stereocenters. The summed E-state index contributed by atoms with van der Waals surface area (Å²) in [6.07, 6.45) is -2.04. The van der Waals surface area contributed by atoms with Gasteiger partial charge in [-0.15, -0.1) is 0 Å². The van der Waals surface area contributed by atoms with Crippen molar-refractivity contribution in [3.8, 4) is 0 Å². The summed E-state index contributed by atoms with van der Waals surface area (Å²) in [5.74, 6) is 0. The van der Waals surface area contributed by atoms with Crippen LogP contribution in [-0.2, 0) is 11.3 Å². The largest absolute Gasteiger partial charge is 0.411 e. The SMILES string of the molecule is FC(F)(F)COCCCn1cnc2ccccc21. The molecule has 0 saturated heterocycles. The molecule has 0 aliphatic heterocycles. The molecule has 0 unspecified atom stereocenters. The number of para-hydroxylation sites is 2. The molecule has 1 heterocycles. The fourth-order valence-electron chi connectivity index (χ4n) is 1.71. The molecule has 0 N–H and O–H groups in total. The molecule has 98 valence electrons. The Labute approximate surface area is 102 Å². The van der Waals surface area contributed by atoms with Gasteiger partial charge in [0.25, 0.3) is 0 Å². The zero-order valence-electron chi connectivity index (χ0n) is 9.65. The first kappa shape index (κ1) is 12.9. The molecule has 2 aromatic rings. The smallest absolute Gasteiger partial charge is 0.372 e. The number of aryl methyl sites for hydroxylation is 1. The Hall–Kier alpha value is -1.56. The molecule has 2 rings (SSSR count). The monoisotopic (exact) mass is 258 g/mol. The van der Waals surface area contributed by atoms with Crippen molar-refractivity contribution in [2.75, 3.05) is 13.2 Å². The van der Waals surface area contributed by atoms with E-state index in [1.807, 2.05) is 28.8 Å². The van der Waals surface area contributed by atoms with Crippen molar-refractivity contribution < 1.29 is 17.9 Å². The van der Waals surface area contributed by atoms with Gasteiger partial charge in [-0.25, -0.2) is 4.98 Å². The predicted molar refractivity (Wildman–Crippen MR) is 61.2 cm³/mol. The van der Waals surface area contributed by atoms with Gasteiger partial charge in [-0.2, -0.15) is 13.2 Å². The highest BCUT2D eigenvalue weighted by molar-refractivity contribution is 5.74. The first-order valence-corrected chi connectivity index (χ1v) is 5.61. The third-order valence-electron chi connectivity index (χ3n) is 2.48. The highest BCUT2D eigenvalue weighted by Crippen LogP contribution is 2.15.